The van der Waals surface area contributed by atoms with Gasteiger partial charge in [0.05, 0.1) is 5.56 Å². The van der Waals surface area contributed by atoms with Crippen LogP contribution in [0.2, 0.25) is 0 Å². The number of nitrogens with one attached hydrogen (secondary N) is 1. The van der Waals surface area contributed by atoms with Crippen LogP contribution in [0.3, 0.4) is 0 Å². The summed E-state index contributed by atoms with van der Waals surface area (Å²) in [4.78, 5) is 31.2. The fourth-order valence-corrected chi connectivity index (χ4v) is 5.16. The lowest BCUT2D eigenvalue weighted by atomic mass is 10.1. The number of aromatic nitrogens is 2. The van der Waals surface area contributed by atoms with Gasteiger partial charge in [-0.15, -0.1) is 11.3 Å². The molecule has 2 aliphatic rings. The minimum atomic E-state index is -0.961. The summed E-state index contributed by atoms with van der Waals surface area (Å²) < 4.78 is 5.41. The number of rotatable bonds is 3. The van der Waals surface area contributed by atoms with Crippen molar-refractivity contribution < 1.29 is 19.2 Å². The number of urea groups is 1. The first kappa shape index (κ1) is 18.0. The highest BCUT2D eigenvalue weighted by molar-refractivity contribution is 7.17. The molecule has 0 saturated carbocycles. The van der Waals surface area contributed by atoms with Crippen molar-refractivity contribution in [3.05, 3.63) is 16.3 Å². The number of aryl methyl sites for hydroxylation is 2. The molecule has 2 aromatic heterocycles. The van der Waals surface area contributed by atoms with Gasteiger partial charge < -0.3 is 14.5 Å². The van der Waals surface area contributed by atoms with E-state index >= 15 is 0 Å². The minimum Gasteiger partial charge on any atom is -0.480 e. The number of anilines is 1. The van der Waals surface area contributed by atoms with Gasteiger partial charge in [-0.3, -0.25) is 5.32 Å². The highest BCUT2D eigenvalue weighted by Gasteiger charge is 2.35. The summed E-state index contributed by atoms with van der Waals surface area (Å²) in [5.74, 6) is -0.00268. The third-order valence-corrected chi connectivity index (χ3v) is 6.39. The van der Waals surface area contributed by atoms with E-state index in [0.717, 1.165) is 31.2 Å². The molecule has 0 radical (unpaired) electrons. The molecule has 1 aliphatic carbocycles. The van der Waals surface area contributed by atoms with Crippen LogP contribution in [-0.2, 0) is 17.6 Å². The summed E-state index contributed by atoms with van der Waals surface area (Å²) in [5, 5.41) is 16.9. The summed E-state index contributed by atoms with van der Waals surface area (Å²) in [7, 11) is 0. The van der Waals surface area contributed by atoms with Crippen molar-refractivity contribution in [1.82, 2.24) is 15.0 Å². The average Bonchev–Trinajstić information content (AvgIpc) is 3.31. The highest BCUT2D eigenvalue weighted by Crippen LogP contribution is 2.43. The van der Waals surface area contributed by atoms with Crippen molar-refractivity contribution in [2.75, 3.05) is 11.9 Å². The van der Waals surface area contributed by atoms with E-state index in [2.05, 4.69) is 15.5 Å². The standard InChI is InChI=1S/C18H22N4O4S/c1-10-19-15(26-21-10)14-11-6-3-2-4-8-13(11)27-16(14)20-18(25)22-9-5-7-12(22)17(23)24/h12H,2-9H2,1H3,(H,20,25)(H,23,24). The Bertz CT molecular complexity index is 875. The van der Waals surface area contributed by atoms with Crippen LogP contribution < -0.4 is 5.32 Å². The molecule has 144 valence electrons. The topological polar surface area (TPSA) is 109 Å². The molecule has 2 aromatic rings. The summed E-state index contributed by atoms with van der Waals surface area (Å²) in [6.07, 6.45) is 6.46. The molecule has 27 heavy (non-hydrogen) atoms. The summed E-state index contributed by atoms with van der Waals surface area (Å²) in [5.41, 5.74) is 1.98. The Hall–Kier alpha value is -2.42. The monoisotopic (exact) mass is 390 g/mol. The first-order valence-corrected chi connectivity index (χ1v) is 10.1. The van der Waals surface area contributed by atoms with Gasteiger partial charge in [-0.05, 0) is 51.0 Å². The van der Waals surface area contributed by atoms with E-state index in [1.165, 1.54) is 21.8 Å². The molecular formula is C18H22N4O4S. The summed E-state index contributed by atoms with van der Waals surface area (Å²) in [6, 6.07) is -1.15. The van der Waals surface area contributed by atoms with Crippen molar-refractivity contribution in [1.29, 1.82) is 0 Å². The average molecular weight is 390 g/mol. The number of carbonyl (C=O) groups excluding carboxylic acids is 1. The predicted molar refractivity (Wildman–Crippen MR) is 100.0 cm³/mol. The Kier molecular flexibility index (Phi) is 4.86. The van der Waals surface area contributed by atoms with E-state index in [4.69, 9.17) is 4.52 Å². The molecule has 1 unspecified atom stereocenters. The van der Waals surface area contributed by atoms with Crippen LogP contribution in [0.25, 0.3) is 11.5 Å². The number of carboxylic acids is 1. The number of amides is 2. The Morgan fingerprint density at radius 3 is 2.81 bits per heavy atom. The fourth-order valence-electron chi connectivity index (χ4n) is 3.89. The smallest absolute Gasteiger partial charge is 0.326 e. The number of likely N-dealkylation sites (tertiary alicyclic amines) is 1. The number of nitrogens with zero attached hydrogens (tertiary/aromatic N) is 3. The highest BCUT2D eigenvalue weighted by atomic mass is 32.1. The zero-order chi connectivity index (χ0) is 19.0. The summed E-state index contributed by atoms with van der Waals surface area (Å²) >= 11 is 1.54. The van der Waals surface area contributed by atoms with Gasteiger partial charge in [-0.25, -0.2) is 9.59 Å². The number of carbonyl (C=O) groups is 2. The van der Waals surface area contributed by atoms with Gasteiger partial charge in [0.1, 0.15) is 11.0 Å². The van der Waals surface area contributed by atoms with Crippen LogP contribution in [0.1, 0.15) is 48.4 Å². The third kappa shape index (κ3) is 3.43. The quantitative estimate of drug-likeness (QED) is 0.777. The second-order valence-corrected chi connectivity index (χ2v) is 8.14. The molecule has 0 aromatic carbocycles. The van der Waals surface area contributed by atoms with Gasteiger partial charge in [0, 0.05) is 11.4 Å². The Labute approximate surface area is 160 Å². The van der Waals surface area contributed by atoms with Gasteiger partial charge in [0.2, 0.25) is 0 Å². The molecule has 9 heteroatoms. The summed E-state index contributed by atoms with van der Waals surface area (Å²) in [6.45, 7) is 2.21. The molecule has 1 atom stereocenters. The maximum absolute atomic E-state index is 12.8. The predicted octanol–water partition coefficient (Wildman–Crippen LogP) is 3.46. The second-order valence-electron chi connectivity index (χ2n) is 7.04. The van der Waals surface area contributed by atoms with Crippen molar-refractivity contribution in [3.63, 3.8) is 0 Å². The van der Waals surface area contributed by atoms with E-state index < -0.39 is 12.0 Å². The van der Waals surface area contributed by atoms with Gasteiger partial charge in [0.15, 0.2) is 5.82 Å². The van der Waals surface area contributed by atoms with Gasteiger partial charge in [-0.2, -0.15) is 4.98 Å². The number of hydrogen-bond donors (Lipinski definition) is 2. The number of hydrogen-bond acceptors (Lipinski definition) is 6. The Balaban J connectivity index is 1.68. The first-order valence-electron chi connectivity index (χ1n) is 9.30. The molecule has 1 fully saturated rings. The van der Waals surface area contributed by atoms with Crippen molar-refractivity contribution in [2.24, 2.45) is 0 Å². The molecule has 1 saturated heterocycles. The molecule has 1 aliphatic heterocycles. The maximum atomic E-state index is 12.8. The van der Waals surface area contributed by atoms with Gasteiger partial charge in [0.25, 0.3) is 5.89 Å². The number of carboxylic acid groups (broad SMARTS) is 1. The zero-order valence-corrected chi connectivity index (χ0v) is 16.0. The van der Waals surface area contributed by atoms with Crippen molar-refractivity contribution >= 4 is 28.3 Å². The zero-order valence-electron chi connectivity index (χ0n) is 15.2. The fraction of sp³-hybridized carbons (Fsp3) is 0.556. The SMILES string of the molecule is Cc1noc(-c2c(NC(=O)N3CCCC3C(=O)O)sc3c2CCCCC3)n1. The third-order valence-electron chi connectivity index (χ3n) is 5.18. The lowest BCUT2D eigenvalue weighted by Crippen LogP contribution is -2.42. The van der Waals surface area contributed by atoms with E-state index in [9.17, 15) is 14.7 Å². The van der Waals surface area contributed by atoms with E-state index in [1.54, 1.807) is 18.3 Å². The molecule has 3 heterocycles. The molecule has 2 N–H and O–H groups in total. The van der Waals surface area contributed by atoms with Crippen LogP contribution in [0.15, 0.2) is 4.52 Å². The normalized spacial score (nSPS) is 19.6. The van der Waals surface area contributed by atoms with Crippen molar-refractivity contribution in [3.8, 4) is 11.5 Å². The molecular weight excluding hydrogens is 368 g/mol. The second kappa shape index (κ2) is 7.30. The number of thiophene rings is 1. The molecule has 2 amide bonds. The Morgan fingerprint density at radius 2 is 2.07 bits per heavy atom. The minimum absolute atomic E-state index is 0.381. The van der Waals surface area contributed by atoms with Crippen LogP contribution >= 0.6 is 11.3 Å². The van der Waals surface area contributed by atoms with Gasteiger partial charge >= 0.3 is 12.0 Å². The van der Waals surface area contributed by atoms with E-state index in [0.29, 0.717) is 36.1 Å². The first-order chi connectivity index (χ1) is 13.0. The number of fused-ring (bicyclic) bond motifs is 1. The molecule has 8 nitrogen and oxygen atoms in total. The van der Waals surface area contributed by atoms with Crippen LogP contribution in [0, 0.1) is 6.92 Å². The van der Waals surface area contributed by atoms with Gasteiger partial charge in [-0.1, -0.05) is 11.6 Å². The van der Waals surface area contributed by atoms with E-state index in [-0.39, 0.29) is 6.03 Å². The molecule has 4 rings (SSSR count). The Morgan fingerprint density at radius 1 is 1.26 bits per heavy atom. The lowest BCUT2D eigenvalue weighted by Gasteiger charge is -2.21. The van der Waals surface area contributed by atoms with Crippen LogP contribution in [0.5, 0.6) is 0 Å². The van der Waals surface area contributed by atoms with Crippen LogP contribution in [0.4, 0.5) is 9.80 Å². The largest absolute Gasteiger partial charge is 0.480 e. The van der Waals surface area contributed by atoms with Crippen molar-refractivity contribution in [2.45, 2.75) is 57.9 Å². The van der Waals surface area contributed by atoms with Crippen LogP contribution in [-0.4, -0.2) is 44.7 Å². The lowest BCUT2D eigenvalue weighted by molar-refractivity contribution is -0.141. The molecule has 0 spiro atoms. The number of aliphatic carboxylic acids is 1. The molecule has 0 bridgehead atoms. The maximum Gasteiger partial charge on any atom is 0.326 e. The van der Waals surface area contributed by atoms with E-state index in [1.807, 2.05) is 0 Å².